The second kappa shape index (κ2) is 4.49. The number of pyridine rings is 1. The first-order valence-corrected chi connectivity index (χ1v) is 5.12. The Kier molecular flexibility index (Phi) is 3.06. The number of rotatable bonds is 4. The Morgan fingerprint density at radius 1 is 1.33 bits per heavy atom. The predicted octanol–water partition coefficient (Wildman–Crippen LogP) is 1.68. The summed E-state index contributed by atoms with van der Waals surface area (Å²) in [6.07, 6.45) is 2.51. The van der Waals surface area contributed by atoms with E-state index in [2.05, 4.69) is 10.3 Å². The maximum atomic E-state index is 5.21. The number of aromatic nitrogens is 1. The molecule has 0 aliphatic heterocycles. The van der Waals surface area contributed by atoms with Gasteiger partial charge in [-0.15, -0.1) is 0 Å². The Hall–Kier alpha value is -1.29. The highest BCUT2D eigenvalue weighted by Crippen LogP contribution is 2.26. The molecule has 2 rings (SSSR count). The Balaban J connectivity index is 1.88. The number of nitrogens with zero attached hydrogens (tertiary/aromatic N) is 1. The van der Waals surface area contributed by atoms with E-state index in [-0.39, 0.29) is 0 Å². The van der Waals surface area contributed by atoms with Crippen molar-refractivity contribution >= 4 is 5.82 Å². The van der Waals surface area contributed by atoms with Gasteiger partial charge in [-0.25, -0.2) is 0 Å². The van der Waals surface area contributed by atoms with Crippen molar-refractivity contribution in [1.29, 1.82) is 0 Å². The molecular weight excluding hydrogens is 192 g/mol. The van der Waals surface area contributed by atoms with Crippen LogP contribution in [-0.2, 0) is 4.74 Å². The Bertz CT molecular complexity index is 324. The van der Waals surface area contributed by atoms with Crippen molar-refractivity contribution in [3.63, 3.8) is 0 Å². The van der Waals surface area contributed by atoms with Crippen LogP contribution >= 0.6 is 0 Å². The van der Waals surface area contributed by atoms with Crippen LogP contribution in [0.5, 0.6) is 5.88 Å². The van der Waals surface area contributed by atoms with Crippen LogP contribution in [0.4, 0.5) is 5.82 Å². The van der Waals surface area contributed by atoms with E-state index in [4.69, 9.17) is 9.47 Å². The highest BCUT2D eigenvalue weighted by atomic mass is 16.5. The molecule has 1 aromatic heterocycles. The highest BCUT2D eigenvalue weighted by Gasteiger charge is 2.28. The van der Waals surface area contributed by atoms with Crippen molar-refractivity contribution in [2.24, 2.45) is 0 Å². The zero-order valence-corrected chi connectivity index (χ0v) is 9.06. The smallest absolute Gasteiger partial charge is 0.214 e. The lowest BCUT2D eigenvalue weighted by molar-refractivity contribution is 0.0328. The monoisotopic (exact) mass is 208 g/mol. The Labute approximate surface area is 89.6 Å². The maximum absolute atomic E-state index is 5.21. The van der Waals surface area contributed by atoms with Gasteiger partial charge in [-0.1, -0.05) is 6.07 Å². The van der Waals surface area contributed by atoms with Crippen molar-refractivity contribution in [2.45, 2.75) is 25.0 Å². The second-order valence-electron chi connectivity index (χ2n) is 3.74. The molecule has 1 heterocycles. The number of nitrogens with one attached hydrogen (secondary N) is 1. The molecule has 0 aromatic carbocycles. The number of hydrogen-bond acceptors (Lipinski definition) is 4. The van der Waals surface area contributed by atoms with Gasteiger partial charge in [0.15, 0.2) is 0 Å². The molecule has 1 aliphatic rings. The highest BCUT2D eigenvalue weighted by molar-refractivity contribution is 5.38. The fourth-order valence-electron chi connectivity index (χ4n) is 1.69. The number of methoxy groups -OCH3 is 2. The molecule has 0 radical (unpaired) electrons. The van der Waals surface area contributed by atoms with Gasteiger partial charge in [0.05, 0.1) is 13.2 Å². The lowest BCUT2D eigenvalue weighted by atomic mass is 9.89. The van der Waals surface area contributed by atoms with Crippen molar-refractivity contribution in [3.8, 4) is 5.88 Å². The lowest BCUT2D eigenvalue weighted by Gasteiger charge is -2.34. The molecule has 82 valence electrons. The van der Waals surface area contributed by atoms with E-state index >= 15 is 0 Å². The van der Waals surface area contributed by atoms with Crippen LogP contribution < -0.4 is 10.1 Å². The average Bonchev–Trinajstić information content (AvgIpc) is 2.23. The topological polar surface area (TPSA) is 43.4 Å². The van der Waals surface area contributed by atoms with Gasteiger partial charge in [0.25, 0.3) is 0 Å². The van der Waals surface area contributed by atoms with Gasteiger partial charge in [0, 0.05) is 19.2 Å². The molecule has 0 unspecified atom stereocenters. The zero-order chi connectivity index (χ0) is 10.7. The quantitative estimate of drug-likeness (QED) is 0.817. The number of anilines is 1. The van der Waals surface area contributed by atoms with Crippen LogP contribution in [-0.4, -0.2) is 31.3 Å². The van der Waals surface area contributed by atoms with Crippen molar-refractivity contribution in [2.75, 3.05) is 19.5 Å². The lowest BCUT2D eigenvalue weighted by Crippen LogP contribution is -2.40. The van der Waals surface area contributed by atoms with Crippen LogP contribution in [0.25, 0.3) is 0 Å². The van der Waals surface area contributed by atoms with Crippen molar-refractivity contribution < 1.29 is 9.47 Å². The third-order valence-corrected chi connectivity index (χ3v) is 2.71. The van der Waals surface area contributed by atoms with Gasteiger partial charge < -0.3 is 14.8 Å². The first-order chi connectivity index (χ1) is 7.31. The van der Waals surface area contributed by atoms with E-state index in [9.17, 15) is 0 Å². The number of ether oxygens (including phenoxy) is 2. The van der Waals surface area contributed by atoms with Gasteiger partial charge >= 0.3 is 0 Å². The molecule has 1 aliphatic carbocycles. The Morgan fingerprint density at radius 3 is 2.80 bits per heavy atom. The van der Waals surface area contributed by atoms with Gasteiger partial charge in [-0.2, -0.15) is 4.98 Å². The fourth-order valence-corrected chi connectivity index (χ4v) is 1.69. The summed E-state index contributed by atoms with van der Waals surface area (Å²) in [7, 11) is 3.38. The summed E-state index contributed by atoms with van der Waals surface area (Å²) in [5, 5.41) is 3.35. The van der Waals surface area contributed by atoms with Crippen molar-refractivity contribution in [3.05, 3.63) is 18.2 Å². The molecule has 1 saturated carbocycles. The van der Waals surface area contributed by atoms with E-state index in [1.165, 1.54) is 0 Å². The minimum atomic E-state index is 0.410. The van der Waals surface area contributed by atoms with E-state index in [1.807, 2.05) is 18.2 Å². The van der Waals surface area contributed by atoms with Crippen LogP contribution in [0.15, 0.2) is 18.2 Å². The van der Waals surface area contributed by atoms with Gasteiger partial charge in [0.2, 0.25) is 5.88 Å². The molecule has 1 aromatic rings. The maximum Gasteiger partial charge on any atom is 0.214 e. The molecule has 4 heteroatoms. The molecule has 4 nitrogen and oxygen atoms in total. The van der Waals surface area contributed by atoms with E-state index < -0.39 is 0 Å². The van der Waals surface area contributed by atoms with Crippen LogP contribution in [0.3, 0.4) is 0 Å². The van der Waals surface area contributed by atoms with Crippen molar-refractivity contribution in [1.82, 2.24) is 4.98 Å². The summed E-state index contributed by atoms with van der Waals surface area (Å²) in [6, 6.07) is 6.20. The SMILES string of the molecule is COc1cccc(NC2CC(OC)C2)n1. The van der Waals surface area contributed by atoms with Crippen LogP contribution in [0, 0.1) is 0 Å². The average molecular weight is 208 g/mol. The summed E-state index contributed by atoms with van der Waals surface area (Å²) in [5.41, 5.74) is 0. The molecule has 0 saturated heterocycles. The standard InChI is InChI=1S/C11H16N2O2/c1-14-9-6-8(7-9)12-10-4-3-5-11(13-10)15-2/h3-5,8-9H,6-7H2,1-2H3,(H,12,13). The molecule has 0 spiro atoms. The van der Waals surface area contributed by atoms with Crippen LogP contribution in [0.1, 0.15) is 12.8 Å². The van der Waals surface area contributed by atoms with Gasteiger partial charge in [-0.05, 0) is 18.9 Å². The van der Waals surface area contributed by atoms with E-state index in [1.54, 1.807) is 14.2 Å². The molecule has 1 N–H and O–H groups in total. The summed E-state index contributed by atoms with van der Waals surface area (Å²) in [6.45, 7) is 0. The summed E-state index contributed by atoms with van der Waals surface area (Å²) in [4.78, 5) is 4.29. The molecule has 0 bridgehead atoms. The minimum Gasteiger partial charge on any atom is -0.481 e. The largest absolute Gasteiger partial charge is 0.481 e. The minimum absolute atomic E-state index is 0.410. The zero-order valence-electron chi connectivity index (χ0n) is 9.06. The summed E-state index contributed by atoms with van der Waals surface area (Å²) in [5.74, 6) is 1.51. The molecule has 0 amide bonds. The molecule has 0 atom stereocenters. The van der Waals surface area contributed by atoms with E-state index in [0.717, 1.165) is 18.7 Å². The normalized spacial score (nSPS) is 24.4. The Morgan fingerprint density at radius 2 is 2.13 bits per heavy atom. The first-order valence-electron chi connectivity index (χ1n) is 5.12. The van der Waals surface area contributed by atoms with Gasteiger partial charge in [0.1, 0.15) is 5.82 Å². The second-order valence-corrected chi connectivity index (χ2v) is 3.74. The van der Waals surface area contributed by atoms with E-state index in [0.29, 0.717) is 18.0 Å². The van der Waals surface area contributed by atoms with Crippen LogP contribution in [0.2, 0.25) is 0 Å². The fraction of sp³-hybridized carbons (Fsp3) is 0.545. The molecule has 1 fully saturated rings. The summed E-state index contributed by atoms with van der Waals surface area (Å²) >= 11 is 0. The first kappa shape index (κ1) is 10.2. The third-order valence-electron chi connectivity index (χ3n) is 2.71. The molecular formula is C11H16N2O2. The third kappa shape index (κ3) is 2.39. The molecule has 15 heavy (non-hydrogen) atoms. The number of hydrogen-bond donors (Lipinski definition) is 1. The summed E-state index contributed by atoms with van der Waals surface area (Å²) < 4.78 is 10.3. The predicted molar refractivity (Wildman–Crippen MR) is 58.2 cm³/mol. The van der Waals surface area contributed by atoms with Gasteiger partial charge in [-0.3, -0.25) is 0 Å².